The highest BCUT2D eigenvalue weighted by Crippen LogP contribution is 2.20. The maximum atomic E-state index is 12.1. The number of hydrogen-bond acceptors (Lipinski definition) is 5. The summed E-state index contributed by atoms with van der Waals surface area (Å²) in [5, 5.41) is 0.00356. The number of esters is 1. The van der Waals surface area contributed by atoms with E-state index in [-0.39, 0.29) is 18.1 Å². The van der Waals surface area contributed by atoms with Crippen molar-refractivity contribution in [3.05, 3.63) is 58.0 Å². The monoisotopic (exact) mass is 332 g/mol. The zero-order chi connectivity index (χ0) is 16.7. The molecule has 0 amide bonds. The van der Waals surface area contributed by atoms with Crippen LogP contribution in [0.15, 0.2) is 46.3 Å². The van der Waals surface area contributed by atoms with Gasteiger partial charge in [-0.2, -0.15) is 0 Å². The van der Waals surface area contributed by atoms with Gasteiger partial charge in [0.25, 0.3) is 5.56 Å². The van der Waals surface area contributed by atoms with E-state index in [9.17, 15) is 9.59 Å². The molecule has 1 aromatic heterocycles. The maximum Gasteiger partial charge on any atom is 0.319 e. The van der Waals surface area contributed by atoms with Crippen molar-refractivity contribution in [1.29, 1.82) is 0 Å². The zero-order valence-corrected chi connectivity index (χ0v) is 14.1. The lowest BCUT2D eigenvalue weighted by atomic mass is 10.2. The molecule has 0 saturated carbocycles. The van der Waals surface area contributed by atoms with E-state index in [1.165, 1.54) is 17.8 Å². The van der Waals surface area contributed by atoms with Crippen molar-refractivity contribution in [2.45, 2.75) is 43.7 Å². The van der Waals surface area contributed by atoms with Gasteiger partial charge in [-0.15, -0.1) is 0 Å². The highest BCUT2D eigenvalue weighted by Gasteiger charge is 2.17. The number of nitrogens with one attached hydrogen (secondary N) is 1. The summed E-state index contributed by atoms with van der Waals surface area (Å²) < 4.78 is 5.29. The number of nitrogens with zero attached hydrogens (tertiary/aromatic N) is 1. The second-order valence-corrected chi connectivity index (χ2v) is 6.47. The van der Waals surface area contributed by atoms with Crippen LogP contribution in [0.2, 0.25) is 0 Å². The second kappa shape index (κ2) is 8.53. The number of benzene rings is 1. The van der Waals surface area contributed by atoms with E-state index < -0.39 is 5.25 Å². The summed E-state index contributed by atoms with van der Waals surface area (Å²) >= 11 is 1.20. The Labute approximate surface area is 139 Å². The fourth-order valence-electron chi connectivity index (χ4n) is 1.99. The van der Waals surface area contributed by atoms with Gasteiger partial charge in [0.2, 0.25) is 0 Å². The Bertz CT molecular complexity index is 700. The van der Waals surface area contributed by atoms with Gasteiger partial charge in [-0.25, -0.2) is 4.98 Å². The molecule has 122 valence electrons. The van der Waals surface area contributed by atoms with Gasteiger partial charge in [-0.3, -0.25) is 9.59 Å². The van der Waals surface area contributed by atoms with Crippen LogP contribution in [-0.2, 0) is 22.6 Å². The maximum absolute atomic E-state index is 12.1. The van der Waals surface area contributed by atoms with Crippen LogP contribution in [-0.4, -0.2) is 21.2 Å². The number of H-pyrrole nitrogens is 1. The fraction of sp³-hybridized carbons (Fsp3) is 0.353. The van der Waals surface area contributed by atoms with Crippen molar-refractivity contribution < 1.29 is 9.53 Å². The predicted molar refractivity (Wildman–Crippen MR) is 90.4 cm³/mol. The molecule has 2 aromatic rings. The predicted octanol–water partition coefficient (Wildman–Crippen LogP) is 2.95. The molecule has 1 N–H and O–H groups in total. The molecule has 0 saturated heterocycles. The Morgan fingerprint density at radius 1 is 1.35 bits per heavy atom. The first kappa shape index (κ1) is 17.3. The number of aryl methyl sites for hydroxylation is 1. The Morgan fingerprint density at radius 3 is 2.78 bits per heavy atom. The molecular weight excluding hydrogens is 312 g/mol. The Balaban J connectivity index is 1.94. The van der Waals surface area contributed by atoms with Gasteiger partial charge in [0.15, 0.2) is 5.16 Å². The largest absolute Gasteiger partial charge is 0.460 e. The van der Waals surface area contributed by atoms with E-state index in [0.717, 1.165) is 24.1 Å². The van der Waals surface area contributed by atoms with Crippen LogP contribution >= 0.6 is 11.8 Å². The number of thioether (sulfide) groups is 1. The Morgan fingerprint density at radius 2 is 2.09 bits per heavy atom. The molecule has 23 heavy (non-hydrogen) atoms. The van der Waals surface area contributed by atoms with E-state index in [4.69, 9.17) is 4.74 Å². The topological polar surface area (TPSA) is 72.0 Å². The first-order chi connectivity index (χ1) is 11.1. The second-order valence-electron chi connectivity index (χ2n) is 5.15. The van der Waals surface area contributed by atoms with Crippen LogP contribution in [0.3, 0.4) is 0 Å². The van der Waals surface area contributed by atoms with Crippen LogP contribution in [0.4, 0.5) is 0 Å². The summed E-state index contributed by atoms with van der Waals surface area (Å²) in [6, 6.07) is 11.0. The van der Waals surface area contributed by atoms with E-state index in [1.54, 1.807) is 6.92 Å². The minimum absolute atomic E-state index is 0.198. The summed E-state index contributed by atoms with van der Waals surface area (Å²) in [6.45, 7) is 4.01. The number of rotatable bonds is 7. The molecule has 0 aliphatic heterocycles. The molecule has 1 unspecified atom stereocenters. The lowest BCUT2D eigenvalue weighted by Gasteiger charge is -2.11. The van der Waals surface area contributed by atoms with Gasteiger partial charge in [0.05, 0.1) is 0 Å². The summed E-state index contributed by atoms with van der Waals surface area (Å²) in [5.74, 6) is -0.331. The highest BCUT2D eigenvalue weighted by atomic mass is 32.2. The van der Waals surface area contributed by atoms with Crippen LogP contribution in [0, 0.1) is 0 Å². The third-order valence-corrected chi connectivity index (χ3v) is 4.09. The van der Waals surface area contributed by atoms with Crippen LogP contribution in [0.25, 0.3) is 0 Å². The van der Waals surface area contributed by atoms with E-state index in [2.05, 4.69) is 9.97 Å². The number of carbonyl (C=O) groups excluding carboxylic acids is 1. The first-order valence-corrected chi connectivity index (χ1v) is 8.44. The van der Waals surface area contributed by atoms with Crippen molar-refractivity contribution in [3.8, 4) is 0 Å². The number of ether oxygens (including phenoxy) is 1. The van der Waals surface area contributed by atoms with Gasteiger partial charge >= 0.3 is 5.97 Å². The highest BCUT2D eigenvalue weighted by molar-refractivity contribution is 8.00. The minimum atomic E-state index is -0.446. The molecule has 1 atom stereocenters. The van der Waals surface area contributed by atoms with Crippen LogP contribution in [0.1, 0.15) is 31.5 Å². The molecule has 0 radical (unpaired) electrons. The van der Waals surface area contributed by atoms with Gasteiger partial charge in [-0.1, -0.05) is 55.4 Å². The quantitative estimate of drug-likeness (QED) is 0.479. The normalized spacial score (nSPS) is 11.9. The Kier molecular flexibility index (Phi) is 6.40. The third-order valence-electron chi connectivity index (χ3n) is 3.12. The molecule has 0 aliphatic carbocycles. The van der Waals surface area contributed by atoms with Crippen molar-refractivity contribution in [2.24, 2.45) is 0 Å². The molecule has 0 fully saturated rings. The van der Waals surface area contributed by atoms with E-state index in [0.29, 0.717) is 5.16 Å². The standard InChI is InChI=1S/C17H20N2O3S/c1-3-7-14-10-15(20)19-17(18-14)23-12(2)16(21)22-11-13-8-5-4-6-9-13/h4-6,8-10,12H,3,7,11H2,1-2H3,(H,18,19,20). The number of hydrogen-bond donors (Lipinski definition) is 1. The van der Waals surface area contributed by atoms with Crippen LogP contribution < -0.4 is 5.56 Å². The molecule has 0 aliphatic rings. The molecule has 5 nitrogen and oxygen atoms in total. The number of carbonyl (C=O) groups is 1. The van der Waals surface area contributed by atoms with Crippen molar-refractivity contribution in [1.82, 2.24) is 9.97 Å². The average Bonchev–Trinajstić information content (AvgIpc) is 2.53. The number of aromatic nitrogens is 2. The van der Waals surface area contributed by atoms with Crippen molar-refractivity contribution >= 4 is 17.7 Å². The van der Waals surface area contributed by atoms with Gasteiger partial charge in [0, 0.05) is 11.8 Å². The van der Waals surface area contributed by atoms with Gasteiger partial charge in [-0.05, 0) is 18.9 Å². The van der Waals surface area contributed by atoms with Gasteiger partial charge in [0.1, 0.15) is 11.9 Å². The molecule has 6 heteroatoms. The molecule has 2 rings (SSSR count). The molecule has 0 spiro atoms. The first-order valence-electron chi connectivity index (χ1n) is 7.56. The summed E-state index contributed by atoms with van der Waals surface area (Å²) in [6.07, 6.45) is 1.65. The molecule has 0 bridgehead atoms. The third kappa shape index (κ3) is 5.56. The number of aromatic amines is 1. The smallest absolute Gasteiger partial charge is 0.319 e. The lowest BCUT2D eigenvalue weighted by molar-refractivity contribution is -0.143. The average molecular weight is 332 g/mol. The zero-order valence-electron chi connectivity index (χ0n) is 13.2. The van der Waals surface area contributed by atoms with E-state index >= 15 is 0 Å². The summed E-state index contributed by atoms with van der Waals surface area (Å²) in [4.78, 5) is 30.7. The van der Waals surface area contributed by atoms with Crippen LogP contribution in [0.5, 0.6) is 0 Å². The lowest BCUT2D eigenvalue weighted by Crippen LogP contribution is -2.18. The van der Waals surface area contributed by atoms with Crippen molar-refractivity contribution in [2.75, 3.05) is 0 Å². The SMILES string of the molecule is CCCc1cc(=O)[nH]c(SC(C)C(=O)OCc2ccccc2)n1. The van der Waals surface area contributed by atoms with Crippen molar-refractivity contribution in [3.63, 3.8) is 0 Å². The summed E-state index contributed by atoms with van der Waals surface area (Å²) in [7, 11) is 0. The summed E-state index contributed by atoms with van der Waals surface area (Å²) in [5.41, 5.74) is 1.48. The molecule has 1 heterocycles. The minimum Gasteiger partial charge on any atom is -0.460 e. The van der Waals surface area contributed by atoms with E-state index in [1.807, 2.05) is 37.3 Å². The van der Waals surface area contributed by atoms with Gasteiger partial charge < -0.3 is 9.72 Å². The molecular formula is C17H20N2O3S. The fourth-order valence-corrected chi connectivity index (χ4v) is 2.81. The Hall–Kier alpha value is -2.08. The molecule has 1 aromatic carbocycles.